The molecule has 0 amide bonds. The normalized spacial score (nSPS) is 16.1. The predicted octanol–water partition coefficient (Wildman–Crippen LogP) is 3.81. The van der Waals surface area contributed by atoms with E-state index in [0.29, 0.717) is 6.54 Å². The van der Waals surface area contributed by atoms with E-state index in [1.54, 1.807) is 17.6 Å². The van der Waals surface area contributed by atoms with Crippen LogP contribution in [0.4, 0.5) is 0 Å². The van der Waals surface area contributed by atoms with E-state index in [-0.39, 0.29) is 30.0 Å². The molecule has 2 N–H and O–H groups in total. The molecule has 8 heteroatoms. The van der Waals surface area contributed by atoms with Crippen LogP contribution in [-0.4, -0.2) is 42.0 Å². The van der Waals surface area contributed by atoms with Crippen LogP contribution in [0.25, 0.3) is 0 Å². The molecule has 0 spiro atoms. The van der Waals surface area contributed by atoms with Gasteiger partial charge in [0.15, 0.2) is 5.96 Å². The number of aliphatic imine (C=N–C) groups is 1. The number of halogens is 1. The number of aromatic nitrogens is 1. The Morgan fingerprint density at radius 3 is 2.78 bits per heavy atom. The second kappa shape index (κ2) is 11.7. The molecule has 6 nitrogen and oxygen atoms in total. The van der Waals surface area contributed by atoms with Gasteiger partial charge in [-0.25, -0.2) is 9.98 Å². The van der Waals surface area contributed by atoms with E-state index in [2.05, 4.69) is 45.8 Å². The van der Waals surface area contributed by atoms with Gasteiger partial charge >= 0.3 is 0 Å². The Labute approximate surface area is 182 Å². The minimum Gasteiger partial charge on any atom is -0.468 e. The summed E-state index contributed by atoms with van der Waals surface area (Å²) in [5.41, 5.74) is 1.03. The van der Waals surface area contributed by atoms with E-state index in [1.165, 1.54) is 17.8 Å². The van der Waals surface area contributed by atoms with Gasteiger partial charge in [0.2, 0.25) is 0 Å². The average Bonchev–Trinajstić information content (AvgIpc) is 3.42. The van der Waals surface area contributed by atoms with Crippen molar-refractivity contribution in [3.63, 3.8) is 0 Å². The van der Waals surface area contributed by atoms with Gasteiger partial charge in [0.1, 0.15) is 5.76 Å². The van der Waals surface area contributed by atoms with Crippen LogP contribution in [0.3, 0.4) is 0 Å². The zero-order chi connectivity index (χ0) is 18.2. The lowest BCUT2D eigenvalue weighted by Gasteiger charge is -2.26. The Morgan fingerprint density at radius 2 is 2.15 bits per heavy atom. The molecule has 27 heavy (non-hydrogen) atoms. The van der Waals surface area contributed by atoms with Crippen LogP contribution in [0.15, 0.2) is 33.2 Å². The number of likely N-dealkylation sites (tertiary alicyclic amines) is 1. The highest BCUT2D eigenvalue weighted by atomic mass is 127. The molecule has 1 unspecified atom stereocenters. The highest BCUT2D eigenvalue weighted by Gasteiger charge is 2.25. The SMILES string of the molecule is CCNC(=NCc1csc(CC)n1)NCC(c1ccco1)N1CCCC1.I. The monoisotopic (exact) mass is 503 g/mol. The smallest absolute Gasteiger partial charge is 0.191 e. The fraction of sp³-hybridized carbons (Fsp3) is 0.579. The standard InChI is InChI=1S/C19H29N5OS.HI/c1-3-18-23-15(14-26-18)12-21-19(20-4-2)22-13-16(17-8-7-11-25-17)24-9-5-6-10-24;/h7-8,11,14,16H,3-6,9-10,12-13H2,1-2H3,(H2,20,21,22);1H. The third-order valence-electron chi connectivity index (χ3n) is 4.56. The van der Waals surface area contributed by atoms with Gasteiger partial charge in [-0.3, -0.25) is 4.90 Å². The van der Waals surface area contributed by atoms with Crippen LogP contribution < -0.4 is 10.6 Å². The molecule has 3 rings (SSSR count). The van der Waals surface area contributed by atoms with Crippen molar-refractivity contribution in [2.24, 2.45) is 4.99 Å². The number of hydrogen-bond donors (Lipinski definition) is 2. The molecular formula is C19H30IN5OS. The number of nitrogens with zero attached hydrogens (tertiary/aromatic N) is 3. The summed E-state index contributed by atoms with van der Waals surface area (Å²) in [7, 11) is 0. The Hall–Kier alpha value is -1.13. The number of hydrogen-bond acceptors (Lipinski definition) is 5. The summed E-state index contributed by atoms with van der Waals surface area (Å²) in [6, 6.07) is 4.27. The lowest BCUT2D eigenvalue weighted by atomic mass is 10.2. The first-order valence-corrected chi connectivity index (χ1v) is 10.4. The predicted molar refractivity (Wildman–Crippen MR) is 122 cm³/mol. The number of aryl methyl sites for hydroxylation is 1. The van der Waals surface area contributed by atoms with Crippen LogP contribution in [-0.2, 0) is 13.0 Å². The number of nitrogens with one attached hydrogen (secondary N) is 2. The third kappa shape index (κ3) is 6.46. The van der Waals surface area contributed by atoms with Crippen LogP contribution in [0.2, 0.25) is 0 Å². The maximum absolute atomic E-state index is 5.69. The van der Waals surface area contributed by atoms with Crippen molar-refractivity contribution in [1.82, 2.24) is 20.5 Å². The fourth-order valence-electron chi connectivity index (χ4n) is 3.22. The van der Waals surface area contributed by atoms with Crippen LogP contribution in [0.1, 0.15) is 49.2 Å². The molecule has 0 bridgehead atoms. The first-order valence-electron chi connectivity index (χ1n) is 9.53. The molecule has 0 aromatic carbocycles. The van der Waals surface area contributed by atoms with Crippen LogP contribution >= 0.6 is 35.3 Å². The summed E-state index contributed by atoms with van der Waals surface area (Å²) in [6.45, 7) is 8.67. The van der Waals surface area contributed by atoms with Gasteiger partial charge in [-0.2, -0.15) is 0 Å². The zero-order valence-electron chi connectivity index (χ0n) is 16.1. The van der Waals surface area contributed by atoms with Crippen molar-refractivity contribution in [2.45, 2.75) is 45.7 Å². The summed E-state index contributed by atoms with van der Waals surface area (Å²) in [5, 5.41) is 10.1. The third-order valence-corrected chi connectivity index (χ3v) is 5.60. The molecule has 1 atom stereocenters. The Bertz CT molecular complexity index is 682. The minimum absolute atomic E-state index is 0. The maximum Gasteiger partial charge on any atom is 0.191 e. The van der Waals surface area contributed by atoms with Gasteiger partial charge in [0.05, 0.1) is 29.6 Å². The van der Waals surface area contributed by atoms with Gasteiger partial charge in [0, 0.05) is 18.5 Å². The Kier molecular flexibility index (Phi) is 9.57. The number of thiazole rings is 1. The molecule has 0 aliphatic carbocycles. The summed E-state index contributed by atoms with van der Waals surface area (Å²) in [6.07, 6.45) is 5.25. The minimum atomic E-state index is 0. The van der Waals surface area contributed by atoms with Gasteiger partial charge in [-0.05, 0) is 51.4 Å². The molecule has 2 aromatic rings. The zero-order valence-corrected chi connectivity index (χ0v) is 19.3. The largest absolute Gasteiger partial charge is 0.468 e. The maximum atomic E-state index is 5.69. The Morgan fingerprint density at radius 1 is 1.33 bits per heavy atom. The van der Waals surface area contributed by atoms with Crippen molar-refractivity contribution >= 4 is 41.3 Å². The molecule has 150 valence electrons. The van der Waals surface area contributed by atoms with Crippen molar-refractivity contribution in [3.05, 3.63) is 40.2 Å². The molecule has 0 saturated carbocycles. The van der Waals surface area contributed by atoms with Crippen LogP contribution in [0.5, 0.6) is 0 Å². The molecule has 1 aliphatic heterocycles. The van der Waals surface area contributed by atoms with E-state index in [0.717, 1.165) is 50.0 Å². The molecule has 1 fully saturated rings. The number of rotatable bonds is 8. The highest BCUT2D eigenvalue weighted by Crippen LogP contribution is 2.24. The van der Waals surface area contributed by atoms with E-state index in [1.807, 2.05) is 6.07 Å². The first-order chi connectivity index (χ1) is 12.8. The molecule has 2 aromatic heterocycles. The first kappa shape index (κ1) is 22.2. The quantitative estimate of drug-likeness (QED) is 0.326. The van der Waals surface area contributed by atoms with E-state index < -0.39 is 0 Å². The molecule has 1 aliphatic rings. The summed E-state index contributed by atoms with van der Waals surface area (Å²) in [4.78, 5) is 11.8. The van der Waals surface area contributed by atoms with Crippen molar-refractivity contribution in [3.8, 4) is 0 Å². The van der Waals surface area contributed by atoms with E-state index >= 15 is 0 Å². The van der Waals surface area contributed by atoms with Crippen molar-refractivity contribution < 1.29 is 4.42 Å². The average molecular weight is 503 g/mol. The van der Waals surface area contributed by atoms with Gasteiger partial charge < -0.3 is 15.1 Å². The Balaban J connectivity index is 0.00000261. The van der Waals surface area contributed by atoms with Crippen molar-refractivity contribution in [1.29, 1.82) is 0 Å². The summed E-state index contributed by atoms with van der Waals surface area (Å²) < 4.78 is 5.69. The second-order valence-corrected chi connectivity index (χ2v) is 7.38. The lowest BCUT2D eigenvalue weighted by Crippen LogP contribution is -2.42. The molecule has 3 heterocycles. The van der Waals surface area contributed by atoms with E-state index in [9.17, 15) is 0 Å². The lowest BCUT2D eigenvalue weighted by molar-refractivity contribution is 0.215. The van der Waals surface area contributed by atoms with Gasteiger partial charge in [-0.15, -0.1) is 35.3 Å². The topological polar surface area (TPSA) is 65.7 Å². The summed E-state index contributed by atoms with van der Waals surface area (Å²) >= 11 is 1.71. The van der Waals surface area contributed by atoms with Gasteiger partial charge in [0.25, 0.3) is 0 Å². The second-order valence-electron chi connectivity index (χ2n) is 6.44. The number of guanidine groups is 1. The molecule has 1 saturated heterocycles. The summed E-state index contributed by atoms with van der Waals surface area (Å²) in [5.74, 6) is 1.84. The molecular weight excluding hydrogens is 473 g/mol. The highest BCUT2D eigenvalue weighted by molar-refractivity contribution is 14.0. The van der Waals surface area contributed by atoms with Gasteiger partial charge in [-0.1, -0.05) is 6.92 Å². The van der Waals surface area contributed by atoms with Crippen LogP contribution in [0, 0.1) is 0 Å². The van der Waals surface area contributed by atoms with Crippen molar-refractivity contribution in [2.75, 3.05) is 26.2 Å². The number of furan rings is 1. The fourth-order valence-corrected chi connectivity index (χ4v) is 3.96. The molecule has 0 radical (unpaired) electrons. The van der Waals surface area contributed by atoms with E-state index in [4.69, 9.17) is 9.41 Å².